The second-order valence-corrected chi connectivity index (χ2v) is 8.80. The first-order valence-electron chi connectivity index (χ1n) is 10.1. The summed E-state index contributed by atoms with van der Waals surface area (Å²) in [6.07, 6.45) is -0.875. The molecule has 33 heavy (non-hydrogen) atoms. The van der Waals surface area contributed by atoms with Gasteiger partial charge in [-0.3, -0.25) is 14.4 Å². The number of carbonyl (C=O) groups excluding carboxylic acids is 1. The van der Waals surface area contributed by atoms with Crippen LogP contribution < -0.4 is 5.32 Å². The van der Waals surface area contributed by atoms with Crippen LogP contribution in [0.1, 0.15) is 38.5 Å². The number of aryl methyl sites for hydroxylation is 1. The number of nitrogens with zero attached hydrogens (tertiary/aromatic N) is 3. The number of amides is 1. The highest BCUT2D eigenvalue weighted by atomic mass is 32.1. The van der Waals surface area contributed by atoms with Crippen molar-refractivity contribution in [2.45, 2.75) is 38.7 Å². The minimum absolute atomic E-state index is 0.169. The van der Waals surface area contributed by atoms with Crippen LogP contribution in [0.2, 0.25) is 0 Å². The third kappa shape index (κ3) is 6.93. The largest absolute Gasteiger partial charge is 0.490 e. The Morgan fingerprint density at radius 1 is 1.30 bits per heavy atom. The smallest absolute Gasteiger partial charge is 0.475 e. The molecule has 3 aromatic heterocycles. The molecule has 0 spiro atoms. The van der Waals surface area contributed by atoms with Crippen molar-refractivity contribution in [1.82, 2.24) is 20.0 Å². The lowest BCUT2D eigenvalue weighted by Gasteiger charge is -2.33. The zero-order valence-electron chi connectivity index (χ0n) is 17.7. The van der Waals surface area contributed by atoms with Crippen molar-refractivity contribution >= 4 is 23.2 Å². The first-order valence-corrected chi connectivity index (χ1v) is 10.9. The molecule has 2 N–H and O–H groups in total. The summed E-state index contributed by atoms with van der Waals surface area (Å²) >= 11 is 1.85. The summed E-state index contributed by atoms with van der Waals surface area (Å²) in [7, 11) is 0. The molecule has 178 valence electrons. The van der Waals surface area contributed by atoms with Gasteiger partial charge in [-0.25, -0.2) is 4.79 Å². The summed E-state index contributed by atoms with van der Waals surface area (Å²) in [5.74, 6) is -2.58. The molecule has 4 heterocycles. The maximum absolute atomic E-state index is 12.0. The van der Waals surface area contributed by atoms with E-state index in [-0.39, 0.29) is 11.9 Å². The zero-order valence-corrected chi connectivity index (χ0v) is 18.5. The van der Waals surface area contributed by atoms with Crippen molar-refractivity contribution in [2.75, 3.05) is 13.1 Å². The predicted octanol–water partition coefficient (Wildman–Crippen LogP) is 3.86. The molecule has 1 aliphatic heterocycles. The number of aliphatic carboxylic acids is 1. The van der Waals surface area contributed by atoms with Crippen LogP contribution in [0.25, 0.3) is 0 Å². The minimum atomic E-state index is -5.08. The highest BCUT2D eigenvalue weighted by Crippen LogP contribution is 2.26. The summed E-state index contributed by atoms with van der Waals surface area (Å²) in [4.78, 5) is 26.1. The van der Waals surface area contributed by atoms with Crippen LogP contribution in [0, 0.1) is 6.92 Å². The monoisotopic (exact) mass is 484 g/mol. The van der Waals surface area contributed by atoms with Crippen molar-refractivity contribution < 1.29 is 32.3 Å². The van der Waals surface area contributed by atoms with Crippen LogP contribution in [0.4, 0.5) is 13.2 Å². The molecule has 0 aromatic carbocycles. The predicted molar refractivity (Wildman–Crippen MR) is 114 cm³/mol. The van der Waals surface area contributed by atoms with Crippen LogP contribution in [-0.4, -0.2) is 50.9 Å². The van der Waals surface area contributed by atoms with Gasteiger partial charge in [0.2, 0.25) is 0 Å². The van der Waals surface area contributed by atoms with E-state index in [9.17, 15) is 18.0 Å². The summed E-state index contributed by atoms with van der Waals surface area (Å²) in [5.41, 5.74) is 1.23. The molecular formula is C21H23F3N4O4S. The molecule has 0 radical (unpaired) electrons. The lowest BCUT2D eigenvalue weighted by atomic mass is 10.1. The number of carboxylic acid groups (broad SMARTS) is 1. The second kappa shape index (κ2) is 10.7. The third-order valence-electron chi connectivity index (χ3n) is 4.88. The molecule has 1 atom stereocenters. The molecule has 1 aliphatic rings. The fraction of sp³-hybridized carbons (Fsp3) is 0.381. The van der Waals surface area contributed by atoms with Crippen molar-refractivity contribution in [2.24, 2.45) is 0 Å². The standard InChI is InChI=1S/C19H22N4O2S.C2HF3O2/c1-14-4-5-17(26-14)13-22-11-15(23-16(12-22)7-9-21-23)6-8-20-19(24)18-3-2-10-25-18;3-2(4,5)1(6)7/h2-5,7,9-10,15H,6,8,11-13H2,1H3,(H,20,24);(H,6,7). The fourth-order valence-corrected chi connectivity index (χ4v) is 4.37. The number of carbonyl (C=O) groups is 2. The average molecular weight is 485 g/mol. The number of hydrogen-bond acceptors (Lipinski definition) is 6. The number of thiophene rings is 1. The van der Waals surface area contributed by atoms with E-state index < -0.39 is 12.1 Å². The van der Waals surface area contributed by atoms with Gasteiger partial charge in [0.25, 0.3) is 5.91 Å². The Balaban J connectivity index is 0.000000383. The SMILES string of the molecule is Cc1ccc(CN2Cc3ccnn3C(CCNC(=O)c3ccco3)C2)s1.O=C(O)C(F)(F)F. The van der Waals surface area contributed by atoms with E-state index in [1.165, 1.54) is 21.7 Å². The Hall–Kier alpha value is -3.12. The Labute approximate surface area is 191 Å². The van der Waals surface area contributed by atoms with Crippen LogP contribution in [0.15, 0.2) is 47.2 Å². The molecule has 0 aliphatic carbocycles. The molecule has 8 nitrogen and oxygen atoms in total. The number of hydrogen-bond donors (Lipinski definition) is 2. The highest BCUT2D eigenvalue weighted by Gasteiger charge is 2.38. The van der Waals surface area contributed by atoms with Crippen LogP contribution in [0.5, 0.6) is 0 Å². The van der Waals surface area contributed by atoms with E-state index in [0.29, 0.717) is 12.3 Å². The molecule has 0 saturated carbocycles. The van der Waals surface area contributed by atoms with Gasteiger partial charge in [0.05, 0.1) is 18.0 Å². The number of alkyl halides is 3. The van der Waals surface area contributed by atoms with Crippen molar-refractivity contribution in [3.05, 3.63) is 64.0 Å². The molecule has 1 unspecified atom stereocenters. The van der Waals surface area contributed by atoms with Crippen LogP contribution in [0.3, 0.4) is 0 Å². The Morgan fingerprint density at radius 3 is 2.67 bits per heavy atom. The van der Waals surface area contributed by atoms with Gasteiger partial charge < -0.3 is 14.8 Å². The molecular weight excluding hydrogens is 461 g/mol. The van der Waals surface area contributed by atoms with E-state index in [1.54, 1.807) is 12.1 Å². The van der Waals surface area contributed by atoms with Gasteiger partial charge in [-0.2, -0.15) is 18.3 Å². The zero-order chi connectivity index (χ0) is 24.0. The Kier molecular flexibility index (Phi) is 7.92. The van der Waals surface area contributed by atoms with Gasteiger partial charge >= 0.3 is 12.1 Å². The number of fused-ring (bicyclic) bond motifs is 1. The quantitative estimate of drug-likeness (QED) is 0.551. The van der Waals surface area contributed by atoms with E-state index >= 15 is 0 Å². The van der Waals surface area contributed by atoms with E-state index in [0.717, 1.165) is 26.1 Å². The number of halogens is 3. The normalized spacial score (nSPS) is 15.9. The topological polar surface area (TPSA) is 101 Å². The van der Waals surface area contributed by atoms with Gasteiger partial charge in [0.15, 0.2) is 5.76 Å². The summed E-state index contributed by atoms with van der Waals surface area (Å²) in [6, 6.07) is 10.1. The maximum Gasteiger partial charge on any atom is 0.490 e. The fourth-order valence-electron chi connectivity index (χ4n) is 3.44. The minimum Gasteiger partial charge on any atom is -0.475 e. The number of furan rings is 1. The van der Waals surface area contributed by atoms with Crippen molar-refractivity contribution in [3.63, 3.8) is 0 Å². The van der Waals surface area contributed by atoms with Gasteiger partial charge in [0.1, 0.15) is 0 Å². The van der Waals surface area contributed by atoms with E-state index in [1.807, 2.05) is 17.5 Å². The number of carboxylic acids is 1. The number of aromatic nitrogens is 2. The molecule has 0 bridgehead atoms. The second-order valence-electron chi connectivity index (χ2n) is 7.43. The van der Waals surface area contributed by atoms with E-state index in [4.69, 9.17) is 14.3 Å². The lowest BCUT2D eigenvalue weighted by molar-refractivity contribution is -0.192. The Morgan fingerprint density at radius 2 is 2.06 bits per heavy atom. The summed E-state index contributed by atoms with van der Waals surface area (Å²) < 4.78 is 39.0. The third-order valence-corrected chi connectivity index (χ3v) is 5.86. The number of nitrogens with one attached hydrogen (secondary N) is 1. The molecule has 1 amide bonds. The molecule has 0 saturated heterocycles. The average Bonchev–Trinajstić information content (AvgIpc) is 3.49. The van der Waals surface area contributed by atoms with Gasteiger partial charge in [-0.05, 0) is 43.7 Å². The molecule has 12 heteroatoms. The first kappa shape index (κ1) is 24.5. The van der Waals surface area contributed by atoms with Gasteiger partial charge in [-0.15, -0.1) is 11.3 Å². The molecule has 3 aromatic rings. The highest BCUT2D eigenvalue weighted by molar-refractivity contribution is 7.11. The van der Waals surface area contributed by atoms with Crippen molar-refractivity contribution in [3.8, 4) is 0 Å². The number of rotatable bonds is 6. The lowest BCUT2D eigenvalue weighted by Crippen LogP contribution is -2.38. The van der Waals surface area contributed by atoms with Crippen LogP contribution in [-0.2, 0) is 17.9 Å². The molecule has 0 fully saturated rings. The summed E-state index contributed by atoms with van der Waals surface area (Å²) in [6.45, 7) is 5.53. The Bertz CT molecular complexity index is 1060. The molecule has 4 rings (SSSR count). The van der Waals surface area contributed by atoms with Gasteiger partial charge in [-0.1, -0.05) is 0 Å². The summed E-state index contributed by atoms with van der Waals surface area (Å²) in [5, 5.41) is 14.6. The maximum atomic E-state index is 12.0. The van der Waals surface area contributed by atoms with Crippen molar-refractivity contribution in [1.29, 1.82) is 0 Å². The van der Waals surface area contributed by atoms with Gasteiger partial charge in [0, 0.05) is 42.1 Å². The first-order chi connectivity index (χ1) is 15.6. The van der Waals surface area contributed by atoms with E-state index in [2.05, 4.69) is 45.1 Å². The van der Waals surface area contributed by atoms with Crippen LogP contribution >= 0.6 is 11.3 Å².